The van der Waals surface area contributed by atoms with Crippen molar-refractivity contribution in [2.45, 2.75) is 31.6 Å². The van der Waals surface area contributed by atoms with Crippen LogP contribution in [0, 0.1) is 0 Å². The van der Waals surface area contributed by atoms with Crippen molar-refractivity contribution in [2.75, 3.05) is 0 Å². The molecule has 0 unspecified atom stereocenters. The molecule has 4 nitrogen and oxygen atoms in total. The Hall–Kier alpha value is -0.610. The van der Waals surface area contributed by atoms with Crippen LogP contribution in [0.2, 0.25) is 0 Å². The predicted octanol–water partition coefficient (Wildman–Crippen LogP) is -0.424. The van der Waals surface area contributed by atoms with Gasteiger partial charge in [0.1, 0.15) is 6.04 Å². The van der Waals surface area contributed by atoms with Crippen molar-refractivity contribution in [3.05, 3.63) is 0 Å². The Morgan fingerprint density at radius 1 is 1.90 bits per heavy atom. The molecule has 0 radical (unpaired) electrons. The minimum absolute atomic E-state index is 0.0751. The van der Waals surface area contributed by atoms with E-state index >= 15 is 0 Å². The smallest absolute Gasteiger partial charge is 0.320 e. The lowest BCUT2D eigenvalue weighted by Crippen LogP contribution is -2.31. The van der Waals surface area contributed by atoms with Gasteiger partial charge in [0, 0.05) is 6.42 Å². The zero-order valence-electron chi connectivity index (χ0n) is 5.78. The van der Waals surface area contributed by atoms with Gasteiger partial charge in [-0.15, -0.1) is 0 Å². The number of carbonyl (C=O) groups is 1. The average Bonchev–Trinajstić information content (AvgIpc) is 2.46. The predicted molar refractivity (Wildman–Crippen MR) is 34.6 cm³/mol. The van der Waals surface area contributed by atoms with E-state index in [1.807, 2.05) is 6.92 Å². The first-order valence-electron chi connectivity index (χ1n) is 3.25. The molecule has 0 aromatic carbocycles. The standard InChI is InChI=1S/C6H11NO3/c1-3-5(10-3)2-4(7)6(8)9/h3-5H,2,7H2,1H3,(H,8,9)/t3-,4-,5-/m0/s1. The topological polar surface area (TPSA) is 75.8 Å². The van der Waals surface area contributed by atoms with Crippen molar-refractivity contribution in [1.29, 1.82) is 0 Å². The van der Waals surface area contributed by atoms with E-state index in [-0.39, 0.29) is 12.2 Å². The van der Waals surface area contributed by atoms with Gasteiger partial charge in [-0.05, 0) is 6.92 Å². The SMILES string of the molecule is C[C@@H]1O[C@H]1C[C@H](N)C(=O)O. The Morgan fingerprint density at radius 3 is 2.70 bits per heavy atom. The molecular weight excluding hydrogens is 134 g/mol. The monoisotopic (exact) mass is 145 g/mol. The third-order valence-electron chi connectivity index (χ3n) is 1.64. The number of epoxide rings is 1. The molecule has 10 heavy (non-hydrogen) atoms. The third kappa shape index (κ3) is 1.68. The van der Waals surface area contributed by atoms with Crippen LogP contribution in [0.25, 0.3) is 0 Å². The van der Waals surface area contributed by atoms with Crippen LogP contribution in [0.3, 0.4) is 0 Å². The molecule has 0 saturated carbocycles. The van der Waals surface area contributed by atoms with Gasteiger partial charge in [0.05, 0.1) is 12.2 Å². The van der Waals surface area contributed by atoms with E-state index in [4.69, 9.17) is 15.6 Å². The van der Waals surface area contributed by atoms with Gasteiger partial charge in [-0.3, -0.25) is 4.79 Å². The maximum atomic E-state index is 10.2. The van der Waals surface area contributed by atoms with E-state index in [1.165, 1.54) is 0 Å². The van der Waals surface area contributed by atoms with Crippen LogP contribution < -0.4 is 5.73 Å². The third-order valence-corrected chi connectivity index (χ3v) is 1.64. The molecule has 58 valence electrons. The summed E-state index contributed by atoms with van der Waals surface area (Å²) in [7, 11) is 0. The van der Waals surface area contributed by atoms with Crippen molar-refractivity contribution >= 4 is 5.97 Å². The van der Waals surface area contributed by atoms with Crippen molar-refractivity contribution in [2.24, 2.45) is 5.73 Å². The number of hydrogen-bond acceptors (Lipinski definition) is 3. The number of ether oxygens (including phenoxy) is 1. The summed E-state index contributed by atoms with van der Waals surface area (Å²) in [6, 6.07) is -0.769. The van der Waals surface area contributed by atoms with Gasteiger partial charge in [-0.2, -0.15) is 0 Å². The van der Waals surface area contributed by atoms with E-state index in [9.17, 15) is 4.79 Å². The molecule has 1 fully saturated rings. The fraction of sp³-hybridized carbons (Fsp3) is 0.833. The summed E-state index contributed by atoms with van der Waals surface area (Å²) in [5.41, 5.74) is 5.24. The summed E-state index contributed by atoms with van der Waals surface area (Å²) >= 11 is 0. The fourth-order valence-electron chi connectivity index (χ4n) is 0.829. The van der Waals surface area contributed by atoms with Crippen molar-refractivity contribution < 1.29 is 14.6 Å². The molecule has 3 N–H and O–H groups in total. The van der Waals surface area contributed by atoms with E-state index < -0.39 is 12.0 Å². The lowest BCUT2D eigenvalue weighted by Gasteiger charge is -2.01. The number of rotatable bonds is 3. The molecule has 0 aromatic heterocycles. The highest BCUT2D eigenvalue weighted by Crippen LogP contribution is 2.24. The van der Waals surface area contributed by atoms with Gasteiger partial charge >= 0.3 is 5.97 Å². The first kappa shape index (κ1) is 7.50. The molecule has 1 aliphatic rings. The second-order valence-corrected chi connectivity index (χ2v) is 2.56. The van der Waals surface area contributed by atoms with E-state index in [2.05, 4.69) is 0 Å². The van der Waals surface area contributed by atoms with Crippen LogP contribution in [0.4, 0.5) is 0 Å². The first-order valence-corrected chi connectivity index (χ1v) is 3.25. The Balaban J connectivity index is 2.19. The zero-order valence-corrected chi connectivity index (χ0v) is 5.78. The maximum Gasteiger partial charge on any atom is 0.320 e. The largest absolute Gasteiger partial charge is 0.480 e. The Bertz CT molecular complexity index is 148. The molecule has 1 aliphatic heterocycles. The van der Waals surface area contributed by atoms with Gasteiger partial charge < -0.3 is 15.6 Å². The molecule has 3 atom stereocenters. The lowest BCUT2D eigenvalue weighted by atomic mass is 10.1. The molecule has 0 bridgehead atoms. The first-order chi connectivity index (χ1) is 4.61. The second kappa shape index (κ2) is 2.56. The van der Waals surface area contributed by atoms with Gasteiger partial charge in [0.25, 0.3) is 0 Å². The van der Waals surface area contributed by atoms with E-state index in [0.29, 0.717) is 6.42 Å². The summed E-state index contributed by atoms with van der Waals surface area (Å²) < 4.78 is 4.99. The molecule has 1 saturated heterocycles. The normalized spacial score (nSPS) is 33.4. The highest BCUT2D eigenvalue weighted by molar-refractivity contribution is 5.73. The lowest BCUT2D eigenvalue weighted by molar-refractivity contribution is -0.138. The number of aliphatic carboxylic acids is 1. The Morgan fingerprint density at radius 2 is 2.40 bits per heavy atom. The molecule has 0 spiro atoms. The summed E-state index contributed by atoms with van der Waals surface area (Å²) in [5, 5.41) is 8.36. The molecule has 1 rings (SSSR count). The van der Waals surface area contributed by atoms with Crippen LogP contribution in [-0.4, -0.2) is 29.3 Å². The summed E-state index contributed by atoms with van der Waals surface area (Å²) in [4.78, 5) is 10.2. The van der Waals surface area contributed by atoms with E-state index in [0.717, 1.165) is 0 Å². The van der Waals surface area contributed by atoms with Crippen LogP contribution in [-0.2, 0) is 9.53 Å². The zero-order chi connectivity index (χ0) is 7.72. The molecule has 0 amide bonds. The van der Waals surface area contributed by atoms with Gasteiger partial charge in [0.15, 0.2) is 0 Å². The average molecular weight is 145 g/mol. The Kier molecular flexibility index (Phi) is 1.92. The van der Waals surface area contributed by atoms with Gasteiger partial charge in [-0.1, -0.05) is 0 Å². The van der Waals surface area contributed by atoms with Crippen molar-refractivity contribution in [3.63, 3.8) is 0 Å². The minimum Gasteiger partial charge on any atom is -0.480 e. The molecule has 4 heteroatoms. The van der Waals surface area contributed by atoms with Crippen LogP contribution in [0.15, 0.2) is 0 Å². The summed E-state index contributed by atoms with van der Waals surface area (Å²) in [6.45, 7) is 1.90. The van der Waals surface area contributed by atoms with Gasteiger partial charge in [-0.25, -0.2) is 0 Å². The van der Waals surface area contributed by atoms with Crippen LogP contribution in [0.1, 0.15) is 13.3 Å². The van der Waals surface area contributed by atoms with Crippen LogP contribution in [0.5, 0.6) is 0 Å². The fourth-order valence-corrected chi connectivity index (χ4v) is 0.829. The van der Waals surface area contributed by atoms with Crippen LogP contribution >= 0.6 is 0 Å². The van der Waals surface area contributed by atoms with Crippen molar-refractivity contribution in [1.82, 2.24) is 0 Å². The van der Waals surface area contributed by atoms with Crippen molar-refractivity contribution in [3.8, 4) is 0 Å². The maximum absolute atomic E-state index is 10.2. The quantitative estimate of drug-likeness (QED) is 0.528. The van der Waals surface area contributed by atoms with Gasteiger partial charge in [0.2, 0.25) is 0 Å². The summed E-state index contributed by atoms with van der Waals surface area (Å²) in [5.74, 6) is -0.956. The minimum atomic E-state index is -0.956. The highest BCUT2D eigenvalue weighted by Gasteiger charge is 2.36. The number of hydrogen-bond donors (Lipinski definition) is 2. The summed E-state index contributed by atoms with van der Waals surface area (Å²) in [6.07, 6.45) is 0.702. The molecule has 1 heterocycles. The van der Waals surface area contributed by atoms with E-state index in [1.54, 1.807) is 0 Å². The number of nitrogens with two attached hydrogens (primary N) is 1. The highest BCUT2D eigenvalue weighted by atomic mass is 16.6. The number of carboxylic acid groups (broad SMARTS) is 1. The molecular formula is C6H11NO3. The molecule has 0 aromatic rings. The molecule has 0 aliphatic carbocycles. The number of carboxylic acids is 1. The second-order valence-electron chi connectivity index (χ2n) is 2.56. The Labute approximate surface area is 59.0 Å².